The van der Waals surface area contributed by atoms with Crippen LogP contribution in [0.15, 0.2) is 24.3 Å². The molecule has 1 aromatic rings. The zero-order valence-electron chi connectivity index (χ0n) is 9.83. The van der Waals surface area contributed by atoms with Gasteiger partial charge in [-0.05, 0) is 25.5 Å². The molecule has 16 heavy (non-hydrogen) atoms. The van der Waals surface area contributed by atoms with Gasteiger partial charge in [0.2, 0.25) is 0 Å². The molecule has 0 radical (unpaired) electrons. The quantitative estimate of drug-likeness (QED) is 0.560. The first kappa shape index (κ1) is 12.6. The van der Waals surface area contributed by atoms with Crippen LogP contribution in [0, 0.1) is 12.3 Å². The summed E-state index contributed by atoms with van der Waals surface area (Å²) in [7, 11) is 1.70. The Morgan fingerprint density at radius 1 is 1.31 bits per heavy atom. The molecule has 0 aliphatic carbocycles. The van der Waals surface area contributed by atoms with E-state index in [4.69, 9.17) is 11.2 Å². The van der Waals surface area contributed by atoms with E-state index in [-0.39, 0.29) is 0 Å². The Labute approximate surface area is 98.0 Å². The molecule has 0 heterocycles. The lowest BCUT2D eigenvalue weighted by atomic mass is 10.2. The van der Waals surface area contributed by atoms with E-state index >= 15 is 0 Å². The molecule has 1 aromatic carbocycles. The van der Waals surface area contributed by atoms with E-state index in [0.717, 1.165) is 38.1 Å². The van der Waals surface area contributed by atoms with E-state index in [1.807, 2.05) is 18.2 Å². The fourth-order valence-corrected chi connectivity index (χ4v) is 1.55. The molecule has 0 spiro atoms. The number of hydrogen-bond acceptors (Lipinski definition) is 2. The Bertz CT molecular complexity index is 341. The van der Waals surface area contributed by atoms with E-state index in [1.54, 1.807) is 7.11 Å². The number of para-hydroxylation sites is 1. The minimum Gasteiger partial charge on any atom is -0.496 e. The van der Waals surface area contributed by atoms with E-state index in [2.05, 4.69) is 17.3 Å². The number of terminal acetylenes is 1. The van der Waals surface area contributed by atoms with E-state index in [1.165, 1.54) is 5.56 Å². The summed E-state index contributed by atoms with van der Waals surface area (Å²) in [5.74, 6) is 3.59. The standard InChI is InChI=1S/C14H19NO/c1-3-4-5-8-11-15-12-13-9-6-7-10-14(13)16-2/h1,6-7,9-10,15H,4-5,8,11-12H2,2H3. The Morgan fingerprint density at radius 3 is 2.88 bits per heavy atom. The van der Waals surface area contributed by atoms with Crippen LogP contribution in [0.5, 0.6) is 5.75 Å². The maximum Gasteiger partial charge on any atom is 0.123 e. The van der Waals surface area contributed by atoms with Gasteiger partial charge >= 0.3 is 0 Å². The number of ether oxygens (including phenoxy) is 1. The molecule has 0 saturated carbocycles. The van der Waals surface area contributed by atoms with Crippen molar-refractivity contribution < 1.29 is 4.74 Å². The second-order valence-electron chi connectivity index (χ2n) is 3.65. The maximum atomic E-state index is 5.27. The number of nitrogens with one attached hydrogen (secondary N) is 1. The van der Waals surface area contributed by atoms with Crippen LogP contribution < -0.4 is 10.1 Å². The molecular formula is C14H19NO. The van der Waals surface area contributed by atoms with E-state index in [9.17, 15) is 0 Å². The molecule has 0 unspecified atom stereocenters. The molecule has 1 N–H and O–H groups in total. The predicted molar refractivity (Wildman–Crippen MR) is 67.4 cm³/mol. The zero-order chi connectivity index (χ0) is 11.6. The molecule has 0 aromatic heterocycles. The molecule has 0 amide bonds. The van der Waals surface area contributed by atoms with Crippen LogP contribution in [0.1, 0.15) is 24.8 Å². The lowest BCUT2D eigenvalue weighted by Gasteiger charge is -2.08. The van der Waals surface area contributed by atoms with Gasteiger partial charge in [-0.15, -0.1) is 12.3 Å². The highest BCUT2D eigenvalue weighted by Crippen LogP contribution is 2.16. The lowest BCUT2D eigenvalue weighted by Crippen LogP contribution is -2.15. The van der Waals surface area contributed by atoms with Gasteiger partial charge in [-0.1, -0.05) is 18.2 Å². The number of methoxy groups -OCH3 is 1. The van der Waals surface area contributed by atoms with Crippen molar-refractivity contribution in [2.45, 2.75) is 25.8 Å². The van der Waals surface area contributed by atoms with Gasteiger partial charge in [0.05, 0.1) is 7.11 Å². The smallest absolute Gasteiger partial charge is 0.123 e. The van der Waals surface area contributed by atoms with Crippen molar-refractivity contribution in [3.05, 3.63) is 29.8 Å². The van der Waals surface area contributed by atoms with Crippen LogP contribution in [0.4, 0.5) is 0 Å². The predicted octanol–water partition coefficient (Wildman–Crippen LogP) is 2.59. The van der Waals surface area contributed by atoms with Crippen molar-refractivity contribution in [2.75, 3.05) is 13.7 Å². The number of hydrogen-bond donors (Lipinski definition) is 1. The van der Waals surface area contributed by atoms with Crippen LogP contribution in [-0.2, 0) is 6.54 Å². The summed E-state index contributed by atoms with van der Waals surface area (Å²) in [6.07, 6.45) is 8.27. The second-order valence-corrected chi connectivity index (χ2v) is 3.65. The highest BCUT2D eigenvalue weighted by atomic mass is 16.5. The second kappa shape index (κ2) is 7.78. The number of unbranched alkanes of at least 4 members (excludes halogenated alkanes) is 2. The van der Waals surface area contributed by atoms with Crippen molar-refractivity contribution in [1.82, 2.24) is 5.32 Å². The Balaban J connectivity index is 2.24. The summed E-state index contributed by atoms with van der Waals surface area (Å²) < 4.78 is 5.27. The first-order valence-electron chi connectivity index (χ1n) is 5.64. The molecule has 86 valence electrons. The van der Waals surface area contributed by atoms with Crippen LogP contribution in [0.3, 0.4) is 0 Å². The summed E-state index contributed by atoms with van der Waals surface area (Å²) in [6.45, 7) is 1.85. The van der Waals surface area contributed by atoms with Gasteiger partial charge in [0.25, 0.3) is 0 Å². The van der Waals surface area contributed by atoms with Crippen LogP contribution in [-0.4, -0.2) is 13.7 Å². The van der Waals surface area contributed by atoms with Gasteiger partial charge in [-0.2, -0.15) is 0 Å². The van der Waals surface area contributed by atoms with E-state index < -0.39 is 0 Å². The molecule has 2 nitrogen and oxygen atoms in total. The Hall–Kier alpha value is -1.46. The molecular weight excluding hydrogens is 198 g/mol. The van der Waals surface area contributed by atoms with Crippen molar-refractivity contribution >= 4 is 0 Å². The Kier molecular flexibility index (Phi) is 6.13. The normalized spacial score (nSPS) is 9.75. The van der Waals surface area contributed by atoms with Gasteiger partial charge in [-0.25, -0.2) is 0 Å². The fourth-order valence-electron chi connectivity index (χ4n) is 1.55. The molecule has 0 bridgehead atoms. The van der Waals surface area contributed by atoms with Gasteiger partial charge in [0.1, 0.15) is 5.75 Å². The average Bonchev–Trinajstić information content (AvgIpc) is 2.34. The summed E-state index contributed by atoms with van der Waals surface area (Å²) in [4.78, 5) is 0. The SMILES string of the molecule is C#CCCCCNCc1ccccc1OC. The fraction of sp³-hybridized carbons (Fsp3) is 0.429. The maximum absolute atomic E-state index is 5.27. The van der Waals surface area contributed by atoms with Gasteiger partial charge in [-0.3, -0.25) is 0 Å². The number of rotatable bonds is 7. The first-order chi connectivity index (χ1) is 7.88. The molecule has 0 atom stereocenters. The third-order valence-electron chi connectivity index (χ3n) is 2.43. The lowest BCUT2D eigenvalue weighted by molar-refractivity contribution is 0.407. The van der Waals surface area contributed by atoms with Crippen molar-refractivity contribution in [1.29, 1.82) is 0 Å². The molecule has 1 rings (SSSR count). The summed E-state index contributed by atoms with van der Waals surface area (Å²) in [5.41, 5.74) is 1.20. The summed E-state index contributed by atoms with van der Waals surface area (Å²) in [5, 5.41) is 3.39. The Morgan fingerprint density at radius 2 is 2.12 bits per heavy atom. The average molecular weight is 217 g/mol. The van der Waals surface area contributed by atoms with Crippen LogP contribution in [0.25, 0.3) is 0 Å². The minimum absolute atomic E-state index is 0.847. The topological polar surface area (TPSA) is 21.3 Å². The van der Waals surface area contributed by atoms with E-state index in [0.29, 0.717) is 0 Å². The first-order valence-corrected chi connectivity index (χ1v) is 5.64. The summed E-state index contributed by atoms with van der Waals surface area (Å²) >= 11 is 0. The molecule has 2 heteroatoms. The highest BCUT2D eigenvalue weighted by Gasteiger charge is 1.99. The van der Waals surface area contributed by atoms with Gasteiger partial charge in [0, 0.05) is 18.5 Å². The van der Waals surface area contributed by atoms with Gasteiger partial charge in [0.15, 0.2) is 0 Å². The van der Waals surface area contributed by atoms with Gasteiger partial charge < -0.3 is 10.1 Å². The molecule has 0 saturated heterocycles. The minimum atomic E-state index is 0.847. The number of benzene rings is 1. The van der Waals surface area contributed by atoms with Crippen LogP contribution in [0.2, 0.25) is 0 Å². The third-order valence-corrected chi connectivity index (χ3v) is 2.43. The van der Waals surface area contributed by atoms with Crippen LogP contribution >= 0.6 is 0 Å². The zero-order valence-corrected chi connectivity index (χ0v) is 9.83. The summed E-state index contributed by atoms with van der Waals surface area (Å²) in [6, 6.07) is 8.07. The van der Waals surface area contributed by atoms with Crippen molar-refractivity contribution in [3.8, 4) is 18.1 Å². The highest BCUT2D eigenvalue weighted by molar-refractivity contribution is 5.32. The third kappa shape index (κ3) is 4.37. The molecule has 0 fully saturated rings. The molecule has 0 aliphatic rings. The largest absolute Gasteiger partial charge is 0.496 e. The monoisotopic (exact) mass is 217 g/mol. The molecule has 0 aliphatic heterocycles. The van der Waals surface area contributed by atoms with Crippen molar-refractivity contribution in [2.24, 2.45) is 0 Å². The van der Waals surface area contributed by atoms with Crippen molar-refractivity contribution in [3.63, 3.8) is 0 Å².